The normalized spacial score (nSPS) is 16.7. The van der Waals surface area contributed by atoms with Gasteiger partial charge in [0, 0.05) is 6.08 Å². The average Bonchev–Trinajstić information content (AvgIpc) is 2.32. The van der Waals surface area contributed by atoms with Crippen molar-refractivity contribution < 1.29 is 14.7 Å². The number of carboxylic acids is 1. The Morgan fingerprint density at radius 3 is 2.50 bits per heavy atom. The lowest BCUT2D eigenvalue weighted by Gasteiger charge is -2.37. The fourth-order valence-electron chi connectivity index (χ4n) is 2.38. The summed E-state index contributed by atoms with van der Waals surface area (Å²) in [5.74, 6) is -1.30. The molecule has 1 aliphatic carbocycles. The van der Waals surface area contributed by atoms with Gasteiger partial charge in [-0.25, -0.2) is 4.79 Å². The van der Waals surface area contributed by atoms with Crippen LogP contribution in [0.4, 0.5) is 0 Å². The maximum absolute atomic E-state index is 11.8. The molecule has 1 aromatic rings. The number of carbonyl (C=O) groups is 2. The Morgan fingerprint density at radius 2 is 2.00 bits per heavy atom. The number of amides is 1. The summed E-state index contributed by atoms with van der Waals surface area (Å²) in [5, 5.41) is 11.8. The molecule has 2 rings (SSSR count). The van der Waals surface area contributed by atoms with E-state index < -0.39 is 11.5 Å². The van der Waals surface area contributed by atoms with Gasteiger partial charge in [-0.2, -0.15) is 0 Å². The topological polar surface area (TPSA) is 66.4 Å². The summed E-state index contributed by atoms with van der Waals surface area (Å²) in [7, 11) is 0. The van der Waals surface area contributed by atoms with Crippen molar-refractivity contribution in [3.63, 3.8) is 0 Å². The highest BCUT2D eigenvalue weighted by atomic mass is 16.4. The highest BCUT2D eigenvalue weighted by molar-refractivity contribution is 5.96. The SMILES string of the molecule is Cc1ccc(/C=C/C(=O)NC2(C(=O)O)CCC2)c(C)c1. The maximum atomic E-state index is 11.8. The second-order valence-electron chi connectivity index (χ2n) is 5.42. The molecule has 0 aromatic heterocycles. The van der Waals surface area contributed by atoms with E-state index in [-0.39, 0.29) is 5.91 Å². The van der Waals surface area contributed by atoms with Crippen molar-refractivity contribution in [2.45, 2.75) is 38.6 Å². The standard InChI is InChI=1S/C16H19NO3/c1-11-4-5-13(12(2)10-11)6-7-14(18)17-16(15(19)20)8-3-9-16/h4-7,10H,3,8-9H2,1-2H3,(H,17,18)(H,19,20)/b7-6+. The lowest BCUT2D eigenvalue weighted by atomic mass is 9.77. The summed E-state index contributed by atoms with van der Waals surface area (Å²) in [6.45, 7) is 4.00. The van der Waals surface area contributed by atoms with Gasteiger partial charge in [0.1, 0.15) is 5.54 Å². The molecule has 4 heteroatoms. The van der Waals surface area contributed by atoms with Gasteiger partial charge in [0.15, 0.2) is 0 Å². The molecule has 0 spiro atoms. The van der Waals surface area contributed by atoms with Gasteiger partial charge in [-0.05, 0) is 50.3 Å². The molecule has 1 aromatic carbocycles. The van der Waals surface area contributed by atoms with Crippen LogP contribution >= 0.6 is 0 Å². The molecule has 4 nitrogen and oxygen atoms in total. The molecular weight excluding hydrogens is 254 g/mol. The van der Waals surface area contributed by atoms with Crippen molar-refractivity contribution in [3.8, 4) is 0 Å². The molecule has 0 heterocycles. The van der Waals surface area contributed by atoms with E-state index in [0.717, 1.165) is 17.5 Å². The van der Waals surface area contributed by atoms with Gasteiger partial charge in [0.05, 0.1) is 0 Å². The van der Waals surface area contributed by atoms with Gasteiger partial charge in [0.2, 0.25) is 5.91 Å². The van der Waals surface area contributed by atoms with Crippen molar-refractivity contribution in [3.05, 3.63) is 41.0 Å². The Bertz CT molecular complexity index is 571. The predicted octanol–water partition coefficient (Wildman–Crippen LogP) is 2.44. The van der Waals surface area contributed by atoms with Crippen molar-refractivity contribution >= 4 is 18.0 Å². The average molecular weight is 273 g/mol. The molecule has 0 unspecified atom stereocenters. The van der Waals surface area contributed by atoms with Crippen LogP contribution in [0.3, 0.4) is 0 Å². The number of hydrogen-bond acceptors (Lipinski definition) is 2. The van der Waals surface area contributed by atoms with Crippen LogP contribution in [0.15, 0.2) is 24.3 Å². The van der Waals surface area contributed by atoms with E-state index >= 15 is 0 Å². The first-order chi connectivity index (χ1) is 9.43. The van der Waals surface area contributed by atoms with Crippen molar-refractivity contribution in [2.75, 3.05) is 0 Å². The minimum atomic E-state index is -1.05. The zero-order valence-electron chi connectivity index (χ0n) is 11.8. The molecule has 0 saturated heterocycles. The zero-order chi connectivity index (χ0) is 14.8. The van der Waals surface area contributed by atoms with Gasteiger partial charge in [-0.3, -0.25) is 4.79 Å². The van der Waals surface area contributed by atoms with Crippen LogP contribution in [-0.4, -0.2) is 22.5 Å². The van der Waals surface area contributed by atoms with Crippen LogP contribution < -0.4 is 5.32 Å². The van der Waals surface area contributed by atoms with E-state index in [1.807, 2.05) is 32.0 Å². The van der Waals surface area contributed by atoms with E-state index in [1.54, 1.807) is 6.08 Å². The molecular formula is C16H19NO3. The van der Waals surface area contributed by atoms with Crippen LogP contribution in [0.5, 0.6) is 0 Å². The first kappa shape index (κ1) is 14.3. The van der Waals surface area contributed by atoms with Gasteiger partial charge >= 0.3 is 5.97 Å². The molecule has 20 heavy (non-hydrogen) atoms. The number of carbonyl (C=O) groups excluding carboxylic acids is 1. The molecule has 0 radical (unpaired) electrons. The molecule has 1 aliphatic rings. The molecule has 0 bridgehead atoms. The maximum Gasteiger partial charge on any atom is 0.329 e. The Morgan fingerprint density at radius 1 is 1.30 bits per heavy atom. The zero-order valence-corrected chi connectivity index (χ0v) is 11.8. The molecule has 0 atom stereocenters. The van der Waals surface area contributed by atoms with Crippen LogP contribution in [0.1, 0.15) is 36.0 Å². The van der Waals surface area contributed by atoms with Crippen molar-refractivity contribution in [2.24, 2.45) is 0 Å². The highest BCUT2D eigenvalue weighted by Gasteiger charge is 2.45. The van der Waals surface area contributed by atoms with Gasteiger partial charge in [-0.1, -0.05) is 23.8 Å². The number of carboxylic acid groups (broad SMARTS) is 1. The summed E-state index contributed by atoms with van der Waals surface area (Å²) in [5.41, 5.74) is 2.17. The third-order valence-corrected chi connectivity index (χ3v) is 3.82. The molecule has 2 N–H and O–H groups in total. The van der Waals surface area contributed by atoms with E-state index in [4.69, 9.17) is 5.11 Å². The fourth-order valence-corrected chi connectivity index (χ4v) is 2.38. The summed E-state index contributed by atoms with van der Waals surface area (Å²) in [6, 6.07) is 5.97. The molecule has 0 aliphatic heterocycles. The van der Waals surface area contributed by atoms with Crippen LogP contribution in [0, 0.1) is 13.8 Å². The largest absolute Gasteiger partial charge is 0.480 e. The third kappa shape index (κ3) is 2.90. The molecule has 1 amide bonds. The molecule has 1 fully saturated rings. The van der Waals surface area contributed by atoms with Crippen LogP contribution in [0.2, 0.25) is 0 Å². The number of rotatable bonds is 4. The number of benzene rings is 1. The lowest BCUT2D eigenvalue weighted by molar-refractivity contribution is -0.151. The van der Waals surface area contributed by atoms with Crippen molar-refractivity contribution in [1.29, 1.82) is 0 Å². The second-order valence-corrected chi connectivity index (χ2v) is 5.42. The summed E-state index contributed by atoms with van der Waals surface area (Å²) in [4.78, 5) is 23.0. The highest BCUT2D eigenvalue weighted by Crippen LogP contribution is 2.32. The smallest absolute Gasteiger partial charge is 0.329 e. The third-order valence-electron chi connectivity index (χ3n) is 3.82. The number of hydrogen-bond donors (Lipinski definition) is 2. The second kappa shape index (κ2) is 5.49. The van der Waals surface area contributed by atoms with E-state index in [2.05, 4.69) is 5.32 Å². The van der Waals surface area contributed by atoms with Gasteiger partial charge < -0.3 is 10.4 Å². The number of aliphatic carboxylic acids is 1. The Balaban J connectivity index is 2.04. The lowest BCUT2D eigenvalue weighted by Crippen LogP contribution is -2.58. The minimum absolute atomic E-state index is 0.355. The van der Waals surface area contributed by atoms with E-state index in [1.165, 1.54) is 11.6 Å². The quantitative estimate of drug-likeness (QED) is 0.828. The Kier molecular flexibility index (Phi) is 3.93. The Hall–Kier alpha value is -2.10. The van der Waals surface area contributed by atoms with Gasteiger partial charge in [0.25, 0.3) is 0 Å². The number of aryl methyl sites for hydroxylation is 2. The first-order valence-corrected chi connectivity index (χ1v) is 6.74. The summed E-state index contributed by atoms with van der Waals surface area (Å²) in [6.07, 6.45) is 4.98. The van der Waals surface area contributed by atoms with Crippen LogP contribution in [0.25, 0.3) is 6.08 Å². The van der Waals surface area contributed by atoms with Crippen molar-refractivity contribution in [1.82, 2.24) is 5.32 Å². The monoisotopic (exact) mass is 273 g/mol. The first-order valence-electron chi connectivity index (χ1n) is 6.74. The summed E-state index contributed by atoms with van der Waals surface area (Å²) < 4.78 is 0. The Labute approximate surface area is 118 Å². The molecule has 106 valence electrons. The van der Waals surface area contributed by atoms with E-state index in [9.17, 15) is 9.59 Å². The summed E-state index contributed by atoms with van der Waals surface area (Å²) >= 11 is 0. The van der Waals surface area contributed by atoms with E-state index in [0.29, 0.717) is 12.8 Å². The minimum Gasteiger partial charge on any atom is -0.480 e. The van der Waals surface area contributed by atoms with Crippen LogP contribution in [-0.2, 0) is 9.59 Å². The fraction of sp³-hybridized carbons (Fsp3) is 0.375. The predicted molar refractivity (Wildman–Crippen MR) is 77.3 cm³/mol. The number of nitrogens with one attached hydrogen (secondary N) is 1. The molecule has 1 saturated carbocycles. The van der Waals surface area contributed by atoms with Gasteiger partial charge in [-0.15, -0.1) is 0 Å².